The van der Waals surface area contributed by atoms with E-state index >= 15 is 0 Å². The molecule has 1 aromatic rings. The number of nitrogens with one attached hydrogen (secondary N) is 1. The van der Waals surface area contributed by atoms with Gasteiger partial charge in [-0.1, -0.05) is 30.5 Å². The summed E-state index contributed by atoms with van der Waals surface area (Å²) in [7, 11) is 0. The summed E-state index contributed by atoms with van der Waals surface area (Å²) in [4.78, 5) is 23.6. The predicted octanol–water partition coefficient (Wildman–Crippen LogP) is 3.74. The SMILES string of the molecule is NC(C(=O)NCC1(c2ccc(F)cc2Cl)CCCC1)C1CCC(C=O)CC1. The van der Waals surface area contributed by atoms with E-state index in [9.17, 15) is 14.0 Å². The van der Waals surface area contributed by atoms with Crippen LogP contribution in [0.25, 0.3) is 0 Å². The van der Waals surface area contributed by atoms with E-state index in [-0.39, 0.29) is 29.0 Å². The van der Waals surface area contributed by atoms with Gasteiger partial charge in [-0.3, -0.25) is 4.79 Å². The lowest BCUT2D eigenvalue weighted by Gasteiger charge is -2.33. The van der Waals surface area contributed by atoms with Crippen molar-refractivity contribution in [3.8, 4) is 0 Å². The van der Waals surface area contributed by atoms with Crippen LogP contribution in [0.15, 0.2) is 18.2 Å². The Hall–Kier alpha value is -1.46. The number of halogens is 2. The van der Waals surface area contributed by atoms with Gasteiger partial charge in [0.15, 0.2) is 0 Å². The van der Waals surface area contributed by atoms with Crippen molar-refractivity contribution in [1.82, 2.24) is 5.32 Å². The second kappa shape index (κ2) is 8.70. The highest BCUT2D eigenvalue weighted by Crippen LogP contribution is 2.43. The van der Waals surface area contributed by atoms with Gasteiger partial charge in [0.2, 0.25) is 5.91 Å². The molecule has 6 heteroatoms. The van der Waals surface area contributed by atoms with E-state index in [0.29, 0.717) is 11.6 Å². The standard InChI is InChI=1S/C21H28ClFN2O2/c22-18-11-16(23)7-8-17(18)21(9-1-2-10-21)13-25-20(27)19(24)15-5-3-14(12-26)4-6-15/h7-8,11-12,14-15,19H,1-6,9-10,13,24H2,(H,25,27). The van der Waals surface area contributed by atoms with Crippen molar-refractivity contribution in [1.29, 1.82) is 0 Å². The van der Waals surface area contributed by atoms with Crippen LogP contribution in [-0.2, 0) is 15.0 Å². The molecule has 0 heterocycles. The number of benzene rings is 1. The van der Waals surface area contributed by atoms with Crippen LogP contribution in [0, 0.1) is 17.7 Å². The zero-order valence-corrected chi connectivity index (χ0v) is 16.3. The molecule has 0 saturated heterocycles. The number of nitrogens with two attached hydrogens (primary N) is 1. The van der Waals surface area contributed by atoms with E-state index < -0.39 is 6.04 Å². The molecule has 4 nitrogen and oxygen atoms in total. The van der Waals surface area contributed by atoms with Crippen LogP contribution in [0.4, 0.5) is 4.39 Å². The van der Waals surface area contributed by atoms with Gasteiger partial charge in [0.25, 0.3) is 0 Å². The molecule has 2 saturated carbocycles. The molecule has 2 aliphatic rings. The van der Waals surface area contributed by atoms with Crippen LogP contribution in [-0.4, -0.2) is 24.8 Å². The summed E-state index contributed by atoms with van der Waals surface area (Å²) in [6.45, 7) is 0.467. The Bertz CT molecular complexity index is 683. The van der Waals surface area contributed by atoms with Crippen molar-refractivity contribution in [2.45, 2.75) is 62.8 Å². The minimum absolute atomic E-state index is 0.110. The lowest BCUT2D eigenvalue weighted by atomic mass is 9.77. The Morgan fingerprint density at radius 2 is 1.96 bits per heavy atom. The maximum atomic E-state index is 13.4. The van der Waals surface area contributed by atoms with E-state index in [1.807, 2.05) is 0 Å². The summed E-state index contributed by atoms with van der Waals surface area (Å²) in [6.07, 6.45) is 8.21. The van der Waals surface area contributed by atoms with Crippen LogP contribution in [0.5, 0.6) is 0 Å². The van der Waals surface area contributed by atoms with Gasteiger partial charge in [-0.15, -0.1) is 0 Å². The Labute approximate surface area is 165 Å². The van der Waals surface area contributed by atoms with Gasteiger partial charge in [-0.25, -0.2) is 4.39 Å². The molecule has 0 spiro atoms. The van der Waals surface area contributed by atoms with Gasteiger partial charge in [0, 0.05) is 22.9 Å². The molecule has 0 aromatic heterocycles. The molecule has 1 unspecified atom stereocenters. The van der Waals surface area contributed by atoms with Crippen molar-refractivity contribution < 1.29 is 14.0 Å². The minimum atomic E-state index is -0.556. The summed E-state index contributed by atoms with van der Waals surface area (Å²) in [5.41, 5.74) is 6.87. The minimum Gasteiger partial charge on any atom is -0.354 e. The molecule has 27 heavy (non-hydrogen) atoms. The summed E-state index contributed by atoms with van der Waals surface area (Å²) < 4.78 is 13.4. The average molecular weight is 395 g/mol. The van der Waals surface area contributed by atoms with E-state index in [2.05, 4.69) is 5.32 Å². The summed E-state index contributed by atoms with van der Waals surface area (Å²) in [6, 6.07) is 3.96. The molecule has 0 aliphatic heterocycles. The Kier molecular flexibility index (Phi) is 6.53. The number of hydrogen-bond donors (Lipinski definition) is 2. The monoisotopic (exact) mass is 394 g/mol. The number of carbonyl (C=O) groups excluding carboxylic acids is 2. The van der Waals surface area contributed by atoms with Gasteiger partial charge in [-0.2, -0.15) is 0 Å². The third kappa shape index (κ3) is 4.52. The fourth-order valence-electron chi connectivity index (χ4n) is 4.74. The van der Waals surface area contributed by atoms with Crippen LogP contribution in [0.2, 0.25) is 5.02 Å². The van der Waals surface area contributed by atoms with Gasteiger partial charge in [0.1, 0.15) is 12.1 Å². The molecule has 1 amide bonds. The molecule has 148 valence electrons. The average Bonchev–Trinajstić information content (AvgIpc) is 3.15. The maximum absolute atomic E-state index is 13.4. The molecule has 3 rings (SSSR count). The molecule has 0 bridgehead atoms. The number of aldehydes is 1. The van der Waals surface area contributed by atoms with Crippen molar-refractivity contribution in [2.75, 3.05) is 6.54 Å². The number of carbonyl (C=O) groups is 2. The summed E-state index contributed by atoms with van der Waals surface area (Å²) >= 11 is 6.32. The highest BCUT2D eigenvalue weighted by molar-refractivity contribution is 6.31. The molecule has 3 N–H and O–H groups in total. The van der Waals surface area contributed by atoms with Gasteiger partial charge in [-0.05, 0) is 62.1 Å². The molecular formula is C21H28ClFN2O2. The lowest BCUT2D eigenvalue weighted by molar-refractivity contribution is -0.124. The Morgan fingerprint density at radius 1 is 1.30 bits per heavy atom. The first-order chi connectivity index (χ1) is 12.9. The van der Waals surface area contributed by atoms with E-state index in [1.165, 1.54) is 12.1 Å². The van der Waals surface area contributed by atoms with Gasteiger partial charge in [0.05, 0.1) is 6.04 Å². The van der Waals surface area contributed by atoms with Crippen LogP contribution in [0.1, 0.15) is 56.9 Å². The van der Waals surface area contributed by atoms with Gasteiger partial charge < -0.3 is 15.8 Å². The fourth-order valence-corrected chi connectivity index (χ4v) is 5.11. The second-order valence-corrected chi connectivity index (χ2v) is 8.57. The molecule has 1 aromatic carbocycles. The van der Waals surface area contributed by atoms with Crippen LogP contribution < -0.4 is 11.1 Å². The van der Waals surface area contributed by atoms with E-state index in [1.54, 1.807) is 6.07 Å². The van der Waals surface area contributed by atoms with E-state index in [4.69, 9.17) is 17.3 Å². The van der Waals surface area contributed by atoms with E-state index in [0.717, 1.165) is 63.2 Å². The molecule has 2 fully saturated rings. The topological polar surface area (TPSA) is 72.2 Å². The van der Waals surface area contributed by atoms with Crippen LogP contribution in [0.3, 0.4) is 0 Å². The normalized spacial score (nSPS) is 25.7. The van der Waals surface area contributed by atoms with Crippen LogP contribution >= 0.6 is 11.6 Å². The van der Waals surface area contributed by atoms with Crippen molar-refractivity contribution in [2.24, 2.45) is 17.6 Å². The molecule has 2 aliphatic carbocycles. The molecule has 0 radical (unpaired) electrons. The first-order valence-electron chi connectivity index (χ1n) is 9.89. The lowest BCUT2D eigenvalue weighted by Crippen LogP contribution is -2.50. The quantitative estimate of drug-likeness (QED) is 0.722. The Balaban J connectivity index is 1.64. The fraction of sp³-hybridized carbons (Fsp3) is 0.619. The van der Waals surface area contributed by atoms with Gasteiger partial charge >= 0.3 is 0 Å². The summed E-state index contributed by atoms with van der Waals surface area (Å²) in [5.74, 6) is -0.267. The largest absolute Gasteiger partial charge is 0.354 e. The third-order valence-corrected chi connectivity index (χ3v) is 6.80. The smallest absolute Gasteiger partial charge is 0.237 e. The highest BCUT2D eigenvalue weighted by Gasteiger charge is 2.38. The predicted molar refractivity (Wildman–Crippen MR) is 104 cm³/mol. The van der Waals surface area contributed by atoms with Crippen molar-refractivity contribution >= 4 is 23.8 Å². The van der Waals surface area contributed by atoms with Crippen molar-refractivity contribution in [3.05, 3.63) is 34.6 Å². The number of rotatable bonds is 6. The highest BCUT2D eigenvalue weighted by atomic mass is 35.5. The Morgan fingerprint density at radius 3 is 2.56 bits per heavy atom. The number of hydrogen-bond acceptors (Lipinski definition) is 3. The second-order valence-electron chi connectivity index (χ2n) is 8.17. The number of amides is 1. The first kappa shape index (κ1) is 20.3. The molecule has 1 atom stereocenters. The zero-order valence-electron chi connectivity index (χ0n) is 15.6. The zero-order chi connectivity index (χ0) is 19.4. The molecular weight excluding hydrogens is 367 g/mol. The van der Waals surface area contributed by atoms with Crippen molar-refractivity contribution in [3.63, 3.8) is 0 Å². The first-order valence-corrected chi connectivity index (χ1v) is 10.3. The summed E-state index contributed by atoms with van der Waals surface area (Å²) in [5, 5.41) is 3.46. The maximum Gasteiger partial charge on any atom is 0.237 e. The third-order valence-electron chi connectivity index (χ3n) is 6.48.